The van der Waals surface area contributed by atoms with Crippen molar-refractivity contribution >= 4 is 5.91 Å². The molecule has 2 unspecified atom stereocenters. The predicted octanol–water partition coefficient (Wildman–Crippen LogP) is 3.44. The molecule has 0 aliphatic carbocycles. The second kappa shape index (κ2) is 9.23. The molecule has 0 radical (unpaired) electrons. The zero-order valence-electron chi connectivity index (χ0n) is 15.5. The van der Waals surface area contributed by atoms with Gasteiger partial charge in [0.2, 0.25) is 5.91 Å². The van der Waals surface area contributed by atoms with Gasteiger partial charge in [0, 0.05) is 13.1 Å². The Labute approximate surface area is 150 Å². The highest BCUT2D eigenvalue weighted by Crippen LogP contribution is 2.15. The summed E-state index contributed by atoms with van der Waals surface area (Å²) in [4.78, 5) is 14.5. The van der Waals surface area contributed by atoms with Crippen molar-refractivity contribution in [2.45, 2.75) is 32.4 Å². The van der Waals surface area contributed by atoms with Crippen molar-refractivity contribution in [1.29, 1.82) is 0 Å². The lowest BCUT2D eigenvalue weighted by Crippen LogP contribution is -2.43. The summed E-state index contributed by atoms with van der Waals surface area (Å²) >= 11 is 0. The normalized spacial score (nSPS) is 13.3. The first kappa shape index (κ1) is 19.0. The molecule has 2 rings (SSSR count). The molecule has 0 aliphatic heterocycles. The van der Waals surface area contributed by atoms with Gasteiger partial charge >= 0.3 is 0 Å². The van der Waals surface area contributed by atoms with Crippen LogP contribution in [0.3, 0.4) is 0 Å². The lowest BCUT2D eigenvalue weighted by Gasteiger charge is -2.25. The Bertz CT molecular complexity index is 673. The van der Waals surface area contributed by atoms with E-state index in [2.05, 4.69) is 24.4 Å². The lowest BCUT2D eigenvalue weighted by molar-refractivity contribution is -0.125. The second-order valence-corrected chi connectivity index (χ2v) is 6.50. The Hall–Kier alpha value is -2.33. The molecule has 0 bridgehead atoms. The Morgan fingerprint density at radius 2 is 1.84 bits per heavy atom. The summed E-state index contributed by atoms with van der Waals surface area (Å²) in [5.74, 6) is 1.17. The third-order valence-electron chi connectivity index (χ3n) is 4.56. The topological polar surface area (TPSA) is 41.6 Å². The van der Waals surface area contributed by atoms with E-state index in [1.807, 2.05) is 61.3 Å². The van der Waals surface area contributed by atoms with E-state index >= 15 is 0 Å². The largest absolute Gasteiger partial charge is 0.497 e. The number of hydrogen-bond donors (Lipinski definition) is 1. The van der Waals surface area contributed by atoms with Crippen LogP contribution in [0.5, 0.6) is 5.75 Å². The molecule has 134 valence electrons. The molecule has 1 N–H and O–H groups in total. The molecule has 0 spiro atoms. The van der Waals surface area contributed by atoms with Gasteiger partial charge in [-0.2, -0.15) is 0 Å². The van der Waals surface area contributed by atoms with E-state index in [0.717, 1.165) is 11.3 Å². The number of likely N-dealkylation sites (N-methyl/N-ethyl adjacent to an activating group) is 1. The molecule has 2 atom stereocenters. The molecule has 2 aromatic carbocycles. The number of nitrogens with zero attached hydrogens (tertiary/aromatic N) is 1. The van der Waals surface area contributed by atoms with Gasteiger partial charge in [0.25, 0.3) is 0 Å². The molecule has 4 nitrogen and oxygen atoms in total. The Kier molecular flexibility index (Phi) is 7.02. The van der Waals surface area contributed by atoms with Crippen molar-refractivity contribution < 1.29 is 9.53 Å². The zero-order chi connectivity index (χ0) is 18.2. The maximum Gasteiger partial charge on any atom is 0.237 e. The number of ether oxygens (including phenoxy) is 1. The highest BCUT2D eigenvalue weighted by atomic mass is 16.5. The van der Waals surface area contributed by atoms with Crippen molar-refractivity contribution in [2.24, 2.45) is 0 Å². The van der Waals surface area contributed by atoms with Crippen LogP contribution in [0.25, 0.3) is 0 Å². The van der Waals surface area contributed by atoms with Crippen molar-refractivity contribution in [3.8, 4) is 5.75 Å². The predicted molar refractivity (Wildman–Crippen MR) is 102 cm³/mol. The number of amides is 1. The third-order valence-corrected chi connectivity index (χ3v) is 4.56. The first-order valence-corrected chi connectivity index (χ1v) is 8.67. The molecule has 0 aromatic heterocycles. The van der Waals surface area contributed by atoms with Gasteiger partial charge in [0.1, 0.15) is 5.75 Å². The van der Waals surface area contributed by atoms with Gasteiger partial charge < -0.3 is 10.1 Å². The summed E-state index contributed by atoms with van der Waals surface area (Å²) in [6.45, 7) is 5.39. The van der Waals surface area contributed by atoms with E-state index < -0.39 is 0 Å². The summed E-state index contributed by atoms with van der Waals surface area (Å²) in [5.41, 5.74) is 2.36. The monoisotopic (exact) mass is 340 g/mol. The highest BCUT2D eigenvalue weighted by molar-refractivity contribution is 5.81. The minimum Gasteiger partial charge on any atom is -0.497 e. The van der Waals surface area contributed by atoms with Crippen molar-refractivity contribution in [1.82, 2.24) is 10.2 Å². The number of rotatable bonds is 8. The summed E-state index contributed by atoms with van der Waals surface area (Å²) in [6, 6.07) is 18.0. The molecule has 0 saturated carbocycles. The number of methoxy groups -OCH3 is 1. The van der Waals surface area contributed by atoms with E-state index in [0.29, 0.717) is 19.0 Å². The van der Waals surface area contributed by atoms with Crippen LogP contribution < -0.4 is 10.1 Å². The Morgan fingerprint density at radius 1 is 1.12 bits per heavy atom. The number of carbonyl (C=O) groups excluding carboxylic acids is 1. The smallest absolute Gasteiger partial charge is 0.237 e. The summed E-state index contributed by atoms with van der Waals surface area (Å²) < 4.78 is 5.25. The fourth-order valence-corrected chi connectivity index (χ4v) is 2.70. The van der Waals surface area contributed by atoms with Crippen LogP contribution in [0.15, 0.2) is 54.6 Å². The van der Waals surface area contributed by atoms with Crippen LogP contribution in [0.2, 0.25) is 0 Å². The van der Waals surface area contributed by atoms with Gasteiger partial charge in [-0.15, -0.1) is 0 Å². The molecule has 2 aromatic rings. The van der Waals surface area contributed by atoms with Gasteiger partial charge in [-0.3, -0.25) is 9.69 Å². The van der Waals surface area contributed by atoms with E-state index in [1.165, 1.54) is 5.56 Å². The quantitative estimate of drug-likeness (QED) is 0.800. The summed E-state index contributed by atoms with van der Waals surface area (Å²) in [5, 5.41) is 3.06. The fourth-order valence-electron chi connectivity index (χ4n) is 2.70. The van der Waals surface area contributed by atoms with Crippen LogP contribution in [-0.2, 0) is 11.3 Å². The van der Waals surface area contributed by atoms with Crippen LogP contribution in [0, 0.1) is 0 Å². The van der Waals surface area contributed by atoms with Crippen LogP contribution in [0.1, 0.15) is 30.9 Å². The first-order valence-electron chi connectivity index (χ1n) is 8.67. The van der Waals surface area contributed by atoms with Gasteiger partial charge in [-0.1, -0.05) is 49.4 Å². The second-order valence-electron chi connectivity index (χ2n) is 6.50. The lowest BCUT2D eigenvalue weighted by atomic mass is 10.0. The number of nitrogens with one attached hydrogen (secondary N) is 1. The number of hydrogen-bond acceptors (Lipinski definition) is 3. The molecular weight excluding hydrogens is 312 g/mol. The first-order chi connectivity index (χ1) is 12.0. The maximum absolute atomic E-state index is 12.5. The summed E-state index contributed by atoms with van der Waals surface area (Å²) in [6.07, 6.45) is 0. The average Bonchev–Trinajstić information content (AvgIpc) is 2.65. The Balaban J connectivity index is 1.86. The standard InChI is InChI=1S/C21H28N2O2/c1-16(19-10-6-5-7-11-19)14-22-21(24)17(2)23(3)15-18-9-8-12-20(13-18)25-4/h5-13,16-17H,14-15H2,1-4H3,(H,22,24). The summed E-state index contributed by atoms with van der Waals surface area (Å²) in [7, 11) is 3.62. The molecule has 0 fully saturated rings. The minimum atomic E-state index is -0.200. The highest BCUT2D eigenvalue weighted by Gasteiger charge is 2.19. The van der Waals surface area contributed by atoms with Crippen molar-refractivity contribution in [3.05, 3.63) is 65.7 Å². The van der Waals surface area contributed by atoms with Crippen molar-refractivity contribution in [2.75, 3.05) is 20.7 Å². The number of carbonyl (C=O) groups is 1. The minimum absolute atomic E-state index is 0.0492. The van der Waals surface area contributed by atoms with Gasteiger partial charge in [0.15, 0.2) is 0 Å². The molecular formula is C21H28N2O2. The number of benzene rings is 2. The molecule has 4 heteroatoms. The molecule has 0 saturated heterocycles. The molecule has 25 heavy (non-hydrogen) atoms. The van der Waals surface area contributed by atoms with E-state index in [-0.39, 0.29) is 11.9 Å². The van der Waals surface area contributed by atoms with E-state index in [1.54, 1.807) is 7.11 Å². The van der Waals surface area contributed by atoms with Gasteiger partial charge in [-0.05, 0) is 43.1 Å². The molecule has 0 aliphatic rings. The third kappa shape index (κ3) is 5.61. The maximum atomic E-state index is 12.5. The average molecular weight is 340 g/mol. The Morgan fingerprint density at radius 3 is 2.52 bits per heavy atom. The van der Waals surface area contributed by atoms with E-state index in [4.69, 9.17) is 4.74 Å². The van der Waals surface area contributed by atoms with Crippen LogP contribution >= 0.6 is 0 Å². The fraction of sp³-hybridized carbons (Fsp3) is 0.381. The SMILES string of the molecule is COc1cccc(CN(C)C(C)C(=O)NCC(C)c2ccccc2)c1. The van der Waals surface area contributed by atoms with Gasteiger partial charge in [-0.25, -0.2) is 0 Å². The van der Waals surface area contributed by atoms with Crippen LogP contribution in [-0.4, -0.2) is 37.6 Å². The van der Waals surface area contributed by atoms with Gasteiger partial charge in [0.05, 0.1) is 13.2 Å². The molecule has 1 amide bonds. The molecule has 0 heterocycles. The zero-order valence-corrected chi connectivity index (χ0v) is 15.5. The van der Waals surface area contributed by atoms with Crippen molar-refractivity contribution in [3.63, 3.8) is 0 Å². The van der Waals surface area contributed by atoms with Crippen LogP contribution in [0.4, 0.5) is 0 Å². The van der Waals surface area contributed by atoms with E-state index in [9.17, 15) is 4.79 Å².